The molecule has 1 aliphatic carbocycles. The summed E-state index contributed by atoms with van der Waals surface area (Å²) in [5.74, 6) is -2.27. The predicted molar refractivity (Wildman–Crippen MR) is 118 cm³/mol. The van der Waals surface area contributed by atoms with Crippen molar-refractivity contribution in [2.45, 2.75) is 37.8 Å². The highest BCUT2D eigenvalue weighted by Gasteiger charge is 2.26. The van der Waals surface area contributed by atoms with E-state index in [9.17, 15) is 18.0 Å². The summed E-state index contributed by atoms with van der Waals surface area (Å²) in [7, 11) is 0. The van der Waals surface area contributed by atoms with Crippen LogP contribution in [0.5, 0.6) is 0 Å². The Labute approximate surface area is 192 Å². The van der Waals surface area contributed by atoms with Crippen LogP contribution in [-0.4, -0.2) is 42.9 Å². The minimum atomic E-state index is -0.738. The topological polar surface area (TPSA) is 108 Å². The zero-order valence-electron chi connectivity index (χ0n) is 17.9. The molecule has 8 nitrogen and oxygen atoms in total. The molecule has 1 saturated carbocycles. The Morgan fingerprint density at radius 1 is 1.03 bits per heavy atom. The minimum absolute atomic E-state index is 0.0143. The van der Waals surface area contributed by atoms with Gasteiger partial charge in [-0.25, -0.2) is 33.1 Å². The van der Waals surface area contributed by atoms with E-state index in [4.69, 9.17) is 0 Å². The van der Waals surface area contributed by atoms with Crippen LogP contribution in [0.25, 0.3) is 22.3 Å². The lowest BCUT2D eigenvalue weighted by atomic mass is 9.91. The van der Waals surface area contributed by atoms with Gasteiger partial charge < -0.3 is 15.6 Å². The Hall–Kier alpha value is -4.02. The number of nitrogens with zero attached hydrogens (tertiary/aromatic N) is 4. The van der Waals surface area contributed by atoms with Gasteiger partial charge in [0.25, 0.3) is 5.91 Å². The summed E-state index contributed by atoms with van der Waals surface area (Å²) >= 11 is 0. The van der Waals surface area contributed by atoms with Gasteiger partial charge in [-0.15, -0.1) is 0 Å². The Kier molecular flexibility index (Phi) is 5.83. The van der Waals surface area contributed by atoms with Crippen molar-refractivity contribution in [1.82, 2.24) is 30.2 Å². The van der Waals surface area contributed by atoms with Crippen LogP contribution in [0.3, 0.4) is 0 Å². The number of hydrogen-bond acceptors (Lipinski definition) is 6. The molecule has 1 fully saturated rings. The number of anilines is 1. The molecule has 0 spiro atoms. The molecule has 3 N–H and O–H groups in total. The molecule has 0 unspecified atom stereocenters. The number of benzene rings is 1. The molecular weight excluding hydrogens is 447 g/mol. The van der Waals surface area contributed by atoms with Crippen molar-refractivity contribution in [3.05, 3.63) is 66.3 Å². The Balaban J connectivity index is 1.33. The lowest BCUT2D eigenvalue weighted by molar-refractivity contribution is 0.0915. The maximum absolute atomic E-state index is 14.5. The molecule has 1 aromatic carbocycles. The first kappa shape index (κ1) is 21.8. The maximum Gasteiger partial charge on any atom is 0.289 e. The highest BCUT2D eigenvalue weighted by atomic mass is 19.1. The first-order valence-electron chi connectivity index (χ1n) is 10.8. The van der Waals surface area contributed by atoms with Gasteiger partial charge in [-0.05, 0) is 37.8 Å². The Morgan fingerprint density at radius 3 is 2.65 bits per heavy atom. The van der Waals surface area contributed by atoms with E-state index < -0.39 is 17.5 Å². The monoisotopic (exact) mass is 467 g/mol. The summed E-state index contributed by atoms with van der Waals surface area (Å²) in [5, 5.41) is 6.29. The number of H-pyrrole nitrogens is 1. The van der Waals surface area contributed by atoms with Crippen molar-refractivity contribution in [3.63, 3.8) is 0 Å². The van der Waals surface area contributed by atoms with Crippen molar-refractivity contribution < 1.29 is 18.0 Å². The number of fused-ring (bicyclic) bond motifs is 1. The van der Waals surface area contributed by atoms with E-state index in [-0.39, 0.29) is 46.4 Å². The molecule has 3 heterocycles. The summed E-state index contributed by atoms with van der Waals surface area (Å²) in [4.78, 5) is 31.3. The van der Waals surface area contributed by atoms with E-state index in [2.05, 4.69) is 35.6 Å². The standard InChI is InChI=1S/C23H20F3N7O/c24-12-7-15-16(10-29-19(15)17(25)8-12)20-30-11-18(26)21(33-20)31-13-3-1-4-14(9-13)32-23(34)22-27-5-2-6-28-22/h2,5-8,10-11,13-14,29H,1,3-4,9H2,(H,32,34)(H,30,31,33)/t13-,14+/m0/s1. The summed E-state index contributed by atoms with van der Waals surface area (Å²) < 4.78 is 42.3. The number of aromatic amines is 1. The first-order chi connectivity index (χ1) is 16.5. The van der Waals surface area contributed by atoms with Gasteiger partial charge in [0.05, 0.1) is 11.7 Å². The molecule has 1 aliphatic rings. The molecule has 4 aromatic rings. The van der Waals surface area contributed by atoms with Gasteiger partial charge in [0.1, 0.15) is 11.6 Å². The van der Waals surface area contributed by atoms with Gasteiger partial charge in [0, 0.05) is 47.7 Å². The van der Waals surface area contributed by atoms with Crippen LogP contribution in [0.2, 0.25) is 0 Å². The lowest BCUT2D eigenvalue weighted by Gasteiger charge is -2.30. The molecule has 2 atom stereocenters. The second kappa shape index (κ2) is 9.08. The zero-order valence-corrected chi connectivity index (χ0v) is 17.9. The average Bonchev–Trinajstić information content (AvgIpc) is 3.25. The van der Waals surface area contributed by atoms with Gasteiger partial charge in [-0.2, -0.15) is 0 Å². The van der Waals surface area contributed by atoms with Crippen LogP contribution in [-0.2, 0) is 0 Å². The molecular formula is C23H20F3N7O. The fraction of sp³-hybridized carbons (Fsp3) is 0.261. The van der Waals surface area contributed by atoms with Crippen LogP contribution in [0, 0.1) is 17.5 Å². The molecule has 3 aromatic heterocycles. The smallest absolute Gasteiger partial charge is 0.289 e. The number of amides is 1. The number of halogens is 3. The molecule has 0 saturated heterocycles. The molecule has 0 aliphatic heterocycles. The molecule has 11 heteroatoms. The molecule has 1 amide bonds. The summed E-state index contributed by atoms with van der Waals surface area (Å²) in [6.45, 7) is 0. The predicted octanol–water partition coefficient (Wildman–Crippen LogP) is 3.99. The fourth-order valence-electron chi connectivity index (χ4n) is 4.25. The van der Waals surface area contributed by atoms with Crippen LogP contribution >= 0.6 is 0 Å². The number of carbonyl (C=O) groups excluding carboxylic acids is 1. The fourth-order valence-corrected chi connectivity index (χ4v) is 4.25. The largest absolute Gasteiger partial charge is 0.365 e. The van der Waals surface area contributed by atoms with Crippen LogP contribution in [0.4, 0.5) is 19.0 Å². The SMILES string of the molecule is O=C(N[C@@H]1CCC[C@H](Nc2nc(-c3c[nH]c4c(F)cc(F)cc34)ncc2F)C1)c1ncccn1. The maximum atomic E-state index is 14.5. The quantitative estimate of drug-likeness (QED) is 0.410. The van der Waals surface area contributed by atoms with E-state index in [0.29, 0.717) is 12.0 Å². The zero-order chi connectivity index (χ0) is 23.7. The third kappa shape index (κ3) is 4.41. The van der Waals surface area contributed by atoms with Gasteiger partial charge in [0.15, 0.2) is 17.5 Å². The minimum Gasteiger partial charge on any atom is -0.365 e. The summed E-state index contributed by atoms with van der Waals surface area (Å²) in [6.07, 6.45) is 8.39. The first-order valence-corrected chi connectivity index (χ1v) is 10.8. The lowest BCUT2D eigenvalue weighted by Crippen LogP contribution is -2.42. The number of carbonyl (C=O) groups is 1. The van der Waals surface area contributed by atoms with E-state index in [1.54, 1.807) is 6.07 Å². The summed E-state index contributed by atoms with van der Waals surface area (Å²) in [5.41, 5.74) is 0.472. The Bertz CT molecular complexity index is 1350. The molecule has 174 valence electrons. The number of nitrogens with one attached hydrogen (secondary N) is 3. The van der Waals surface area contributed by atoms with Crippen molar-refractivity contribution in [2.24, 2.45) is 0 Å². The number of hydrogen-bond donors (Lipinski definition) is 3. The second-order valence-corrected chi connectivity index (χ2v) is 8.15. The van der Waals surface area contributed by atoms with Crippen molar-refractivity contribution in [1.29, 1.82) is 0 Å². The highest BCUT2D eigenvalue weighted by molar-refractivity contribution is 5.94. The highest BCUT2D eigenvalue weighted by Crippen LogP contribution is 2.30. The molecule has 0 radical (unpaired) electrons. The third-order valence-electron chi connectivity index (χ3n) is 5.81. The number of rotatable bonds is 5. The van der Waals surface area contributed by atoms with Gasteiger partial charge >= 0.3 is 0 Å². The summed E-state index contributed by atoms with van der Waals surface area (Å²) in [6, 6.07) is 3.31. The van der Waals surface area contributed by atoms with Crippen molar-refractivity contribution >= 4 is 22.6 Å². The van der Waals surface area contributed by atoms with E-state index in [1.807, 2.05) is 0 Å². The van der Waals surface area contributed by atoms with Crippen LogP contribution in [0.1, 0.15) is 36.3 Å². The third-order valence-corrected chi connectivity index (χ3v) is 5.81. The van der Waals surface area contributed by atoms with Crippen LogP contribution in [0.15, 0.2) is 43.0 Å². The van der Waals surface area contributed by atoms with Gasteiger partial charge in [-0.3, -0.25) is 4.79 Å². The van der Waals surface area contributed by atoms with Crippen molar-refractivity contribution in [3.8, 4) is 11.4 Å². The van der Waals surface area contributed by atoms with E-state index in [1.165, 1.54) is 24.7 Å². The normalized spacial score (nSPS) is 18.1. The molecule has 5 rings (SSSR count). The van der Waals surface area contributed by atoms with E-state index in [0.717, 1.165) is 31.5 Å². The molecule has 34 heavy (non-hydrogen) atoms. The second-order valence-electron chi connectivity index (χ2n) is 8.15. The van der Waals surface area contributed by atoms with Gasteiger partial charge in [0.2, 0.25) is 5.82 Å². The molecule has 0 bridgehead atoms. The van der Waals surface area contributed by atoms with Crippen LogP contribution < -0.4 is 10.6 Å². The Morgan fingerprint density at radius 2 is 1.82 bits per heavy atom. The van der Waals surface area contributed by atoms with Gasteiger partial charge in [-0.1, -0.05) is 0 Å². The van der Waals surface area contributed by atoms with Crippen molar-refractivity contribution in [2.75, 3.05) is 5.32 Å². The number of aromatic nitrogens is 5. The average molecular weight is 467 g/mol. The van der Waals surface area contributed by atoms with E-state index >= 15 is 0 Å².